The highest BCUT2D eigenvalue weighted by molar-refractivity contribution is 7.17. The summed E-state index contributed by atoms with van der Waals surface area (Å²) in [6.45, 7) is 0. The number of carbonyl (C=O) groups is 2. The smallest absolute Gasteiger partial charge is 0.341 e. The summed E-state index contributed by atoms with van der Waals surface area (Å²) in [4.78, 5) is 25.6. The van der Waals surface area contributed by atoms with Crippen molar-refractivity contribution in [1.29, 1.82) is 0 Å². The zero-order chi connectivity index (χ0) is 17.8. The average molecular weight is 361 g/mol. The summed E-state index contributed by atoms with van der Waals surface area (Å²) in [5.41, 5.74) is 2.00. The first kappa shape index (κ1) is 17.6. The normalized spacial score (nSPS) is 13.2. The maximum Gasteiger partial charge on any atom is 0.341 e. The fourth-order valence-electron chi connectivity index (χ4n) is 3.11. The van der Waals surface area contributed by atoms with E-state index in [0.717, 1.165) is 36.1 Å². The van der Waals surface area contributed by atoms with Gasteiger partial charge in [-0.2, -0.15) is 0 Å². The van der Waals surface area contributed by atoms with Gasteiger partial charge in [-0.05, 0) is 49.3 Å². The summed E-state index contributed by atoms with van der Waals surface area (Å²) in [6.07, 6.45) is 4.36. The van der Waals surface area contributed by atoms with E-state index >= 15 is 0 Å². The quantitative estimate of drug-likeness (QED) is 0.815. The van der Waals surface area contributed by atoms with Crippen molar-refractivity contribution in [2.45, 2.75) is 38.5 Å². The molecule has 0 atom stereocenters. The number of nitrogens with one attached hydrogen (secondary N) is 1. The van der Waals surface area contributed by atoms with Gasteiger partial charge in [-0.15, -0.1) is 11.3 Å². The predicted octanol–water partition coefficient (Wildman–Crippen LogP) is 4.12. The Morgan fingerprint density at radius 2 is 2.00 bits per heavy atom. The monoisotopic (exact) mass is 361 g/mol. The number of benzene rings is 1. The predicted molar refractivity (Wildman–Crippen MR) is 95.7 cm³/mol. The molecule has 1 amide bonds. The number of ether oxygens (including phenoxy) is 1. The molecule has 0 fully saturated rings. The summed E-state index contributed by atoms with van der Waals surface area (Å²) in [5, 5.41) is 3.38. The number of anilines is 1. The van der Waals surface area contributed by atoms with Crippen LogP contribution in [0.1, 0.15) is 45.6 Å². The van der Waals surface area contributed by atoms with Crippen molar-refractivity contribution in [1.82, 2.24) is 0 Å². The largest absolute Gasteiger partial charge is 0.465 e. The van der Waals surface area contributed by atoms with E-state index in [9.17, 15) is 14.0 Å². The second-order valence-electron chi connectivity index (χ2n) is 6.05. The summed E-state index contributed by atoms with van der Waals surface area (Å²) >= 11 is 1.45. The van der Waals surface area contributed by atoms with Crippen molar-refractivity contribution in [2.75, 3.05) is 12.4 Å². The average Bonchev–Trinajstić information content (AvgIpc) is 2.98. The fraction of sp³-hybridized carbons (Fsp3) is 0.368. The Kier molecular flexibility index (Phi) is 5.48. The van der Waals surface area contributed by atoms with Gasteiger partial charge in [0.05, 0.1) is 12.7 Å². The third-order valence-corrected chi connectivity index (χ3v) is 5.60. The third-order valence-electron chi connectivity index (χ3n) is 4.39. The van der Waals surface area contributed by atoms with E-state index in [-0.39, 0.29) is 18.1 Å². The molecule has 1 aromatic heterocycles. The van der Waals surface area contributed by atoms with Crippen molar-refractivity contribution in [3.63, 3.8) is 0 Å². The number of thiophene rings is 1. The number of hydrogen-bond acceptors (Lipinski definition) is 4. The van der Waals surface area contributed by atoms with E-state index in [1.54, 1.807) is 18.2 Å². The molecule has 3 rings (SSSR count). The Morgan fingerprint density at radius 1 is 1.24 bits per heavy atom. The Bertz CT molecular complexity index is 800. The molecule has 6 heteroatoms. The van der Waals surface area contributed by atoms with Crippen LogP contribution in [0.3, 0.4) is 0 Å². The van der Waals surface area contributed by atoms with Crippen LogP contribution in [-0.2, 0) is 28.8 Å². The van der Waals surface area contributed by atoms with Gasteiger partial charge in [-0.1, -0.05) is 18.2 Å². The molecule has 1 aliphatic rings. The molecular formula is C19H20FNO3S. The Morgan fingerprint density at radius 3 is 2.76 bits per heavy atom. The van der Waals surface area contributed by atoms with Crippen molar-refractivity contribution in [2.24, 2.45) is 0 Å². The van der Waals surface area contributed by atoms with Gasteiger partial charge in [-0.25, -0.2) is 9.18 Å². The molecule has 0 saturated carbocycles. The van der Waals surface area contributed by atoms with Crippen molar-refractivity contribution >= 4 is 28.2 Å². The third kappa shape index (κ3) is 3.90. The van der Waals surface area contributed by atoms with E-state index < -0.39 is 5.97 Å². The van der Waals surface area contributed by atoms with Gasteiger partial charge in [0.1, 0.15) is 10.8 Å². The fourth-order valence-corrected chi connectivity index (χ4v) is 4.40. The summed E-state index contributed by atoms with van der Waals surface area (Å²) < 4.78 is 18.5. The Hall–Kier alpha value is -2.21. The van der Waals surface area contributed by atoms with Crippen LogP contribution in [0.4, 0.5) is 9.39 Å². The van der Waals surface area contributed by atoms with E-state index in [2.05, 4.69) is 5.32 Å². The van der Waals surface area contributed by atoms with Crippen molar-refractivity contribution in [3.8, 4) is 0 Å². The van der Waals surface area contributed by atoms with Crippen LogP contribution >= 0.6 is 11.3 Å². The maximum atomic E-state index is 13.6. The molecular weight excluding hydrogens is 341 g/mol. The standard InChI is InChI=1S/C19H20FNO3S/c1-24-19(23)17-13-7-3-5-9-15(13)25-18(17)21-16(22)11-10-12-6-2-4-8-14(12)20/h2,4,6,8H,3,5,7,9-11H2,1H3,(H,21,22). The number of carbonyl (C=O) groups excluding carboxylic acids is 2. The lowest BCUT2D eigenvalue weighted by molar-refractivity contribution is -0.116. The molecule has 1 heterocycles. The van der Waals surface area contributed by atoms with E-state index in [1.165, 1.54) is 24.5 Å². The molecule has 4 nitrogen and oxygen atoms in total. The van der Waals surface area contributed by atoms with Gasteiger partial charge in [0.25, 0.3) is 0 Å². The van der Waals surface area contributed by atoms with Crippen LogP contribution in [0.5, 0.6) is 0 Å². The van der Waals surface area contributed by atoms with Gasteiger partial charge in [0.2, 0.25) is 5.91 Å². The number of methoxy groups -OCH3 is 1. The highest BCUT2D eigenvalue weighted by Crippen LogP contribution is 2.38. The van der Waals surface area contributed by atoms with Crippen molar-refractivity contribution in [3.05, 3.63) is 51.7 Å². The van der Waals surface area contributed by atoms with Crippen LogP contribution in [-0.4, -0.2) is 19.0 Å². The first-order valence-corrected chi connectivity index (χ1v) is 9.18. The van der Waals surface area contributed by atoms with Gasteiger partial charge in [0, 0.05) is 11.3 Å². The molecule has 0 aliphatic heterocycles. The second-order valence-corrected chi connectivity index (χ2v) is 7.15. The minimum Gasteiger partial charge on any atom is -0.465 e. The molecule has 2 aromatic rings. The van der Waals surface area contributed by atoms with Crippen LogP contribution in [0.2, 0.25) is 0 Å². The minimum atomic E-state index is -0.413. The molecule has 1 aliphatic carbocycles. The number of amides is 1. The Labute approximate surface area is 150 Å². The van der Waals surface area contributed by atoms with Crippen LogP contribution in [0, 0.1) is 5.82 Å². The van der Waals surface area contributed by atoms with Gasteiger partial charge >= 0.3 is 5.97 Å². The molecule has 25 heavy (non-hydrogen) atoms. The summed E-state index contributed by atoms with van der Waals surface area (Å²) in [5.74, 6) is -0.951. The molecule has 0 radical (unpaired) electrons. The van der Waals surface area contributed by atoms with Gasteiger partial charge < -0.3 is 10.1 Å². The Balaban J connectivity index is 1.73. The molecule has 0 spiro atoms. The number of aryl methyl sites for hydroxylation is 2. The lowest BCUT2D eigenvalue weighted by atomic mass is 9.95. The zero-order valence-corrected chi connectivity index (χ0v) is 14.9. The number of rotatable bonds is 5. The molecule has 0 unspecified atom stereocenters. The van der Waals surface area contributed by atoms with E-state index in [0.29, 0.717) is 22.5 Å². The topological polar surface area (TPSA) is 55.4 Å². The molecule has 0 bridgehead atoms. The summed E-state index contributed by atoms with van der Waals surface area (Å²) in [7, 11) is 1.35. The zero-order valence-electron chi connectivity index (χ0n) is 14.1. The molecule has 0 saturated heterocycles. The van der Waals surface area contributed by atoms with Crippen molar-refractivity contribution < 1.29 is 18.7 Å². The number of hydrogen-bond donors (Lipinski definition) is 1. The van der Waals surface area contributed by atoms with E-state index in [1.807, 2.05) is 0 Å². The first-order valence-electron chi connectivity index (χ1n) is 8.36. The lowest BCUT2D eigenvalue weighted by Gasteiger charge is -2.11. The summed E-state index contributed by atoms with van der Waals surface area (Å²) in [6, 6.07) is 6.43. The molecule has 1 aromatic carbocycles. The lowest BCUT2D eigenvalue weighted by Crippen LogP contribution is -2.15. The van der Waals surface area contributed by atoms with Crippen LogP contribution < -0.4 is 5.32 Å². The highest BCUT2D eigenvalue weighted by Gasteiger charge is 2.26. The SMILES string of the molecule is COC(=O)c1c(NC(=O)CCc2ccccc2F)sc2c1CCCC2. The number of halogens is 1. The van der Waals surface area contributed by atoms with E-state index in [4.69, 9.17) is 4.74 Å². The van der Waals surface area contributed by atoms with Gasteiger partial charge in [0.15, 0.2) is 0 Å². The van der Waals surface area contributed by atoms with Crippen LogP contribution in [0.15, 0.2) is 24.3 Å². The molecule has 132 valence electrons. The van der Waals surface area contributed by atoms with Gasteiger partial charge in [-0.3, -0.25) is 4.79 Å². The first-order chi connectivity index (χ1) is 12.1. The van der Waals surface area contributed by atoms with Crippen LogP contribution in [0.25, 0.3) is 0 Å². The number of fused-ring (bicyclic) bond motifs is 1. The minimum absolute atomic E-state index is 0.157. The number of esters is 1. The molecule has 1 N–H and O–H groups in total. The maximum absolute atomic E-state index is 13.6. The highest BCUT2D eigenvalue weighted by atomic mass is 32.1. The second kappa shape index (κ2) is 7.78.